The molecular weight excluding hydrogens is 310 g/mol. The molecule has 0 aliphatic carbocycles. The van der Waals surface area contributed by atoms with Gasteiger partial charge in [0.1, 0.15) is 5.82 Å². The molecule has 1 aromatic carbocycles. The molecule has 1 atom stereocenters. The maximum absolute atomic E-state index is 13.3. The summed E-state index contributed by atoms with van der Waals surface area (Å²) in [5, 5.41) is 9.30. The molecule has 0 radical (unpaired) electrons. The maximum Gasteiger partial charge on any atom is 0.414 e. The maximum atomic E-state index is 13.3. The van der Waals surface area contributed by atoms with Crippen molar-refractivity contribution >= 4 is 11.6 Å². The van der Waals surface area contributed by atoms with Gasteiger partial charge in [-0.15, -0.1) is 0 Å². The lowest BCUT2D eigenvalue weighted by Gasteiger charge is -2.34. The summed E-state index contributed by atoms with van der Waals surface area (Å²) in [6.45, 7) is 1.24. The molecule has 1 N–H and O–H groups in total. The van der Waals surface area contributed by atoms with Gasteiger partial charge in [-0.3, -0.25) is 4.90 Å². The number of rotatable bonds is 3. The molecule has 1 aliphatic rings. The number of aliphatic hydroxyl groups is 1. The van der Waals surface area contributed by atoms with E-state index in [4.69, 9.17) is 11.6 Å². The van der Waals surface area contributed by atoms with Crippen LogP contribution in [0.4, 0.5) is 17.6 Å². The Hall–Kier alpha value is -0.850. The van der Waals surface area contributed by atoms with E-state index in [-0.39, 0.29) is 17.9 Å². The van der Waals surface area contributed by atoms with Crippen LogP contribution < -0.4 is 0 Å². The van der Waals surface area contributed by atoms with Crippen LogP contribution >= 0.6 is 11.6 Å². The Kier molecular flexibility index (Phi) is 5.11. The zero-order valence-corrected chi connectivity index (χ0v) is 12.0. The van der Waals surface area contributed by atoms with Crippen molar-refractivity contribution in [2.75, 3.05) is 13.1 Å². The monoisotopic (exact) mass is 325 g/mol. The normalized spacial score (nSPS) is 19.7. The molecule has 1 aliphatic heterocycles. The molecular formula is C14H16ClF4NO. The first-order valence-corrected chi connectivity index (χ1v) is 7.07. The van der Waals surface area contributed by atoms with Gasteiger partial charge in [0, 0.05) is 6.54 Å². The summed E-state index contributed by atoms with van der Waals surface area (Å²) in [5.74, 6) is -1.28. The number of nitrogens with zero attached hydrogens (tertiary/aromatic N) is 1. The minimum absolute atomic E-state index is 0.0509. The molecule has 0 bridgehead atoms. The first-order chi connectivity index (χ1) is 9.79. The average Bonchev–Trinajstić information content (AvgIpc) is 2.43. The van der Waals surface area contributed by atoms with Gasteiger partial charge in [0.2, 0.25) is 0 Å². The van der Waals surface area contributed by atoms with Crippen LogP contribution in [0, 0.1) is 11.7 Å². The number of aliphatic hydroxyl groups excluding tert-OH is 1. The van der Waals surface area contributed by atoms with Gasteiger partial charge in [-0.1, -0.05) is 23.7 Å². The van der Waals surface area contributed by atoms with Crippen LogP contribution in [0.2, 0.25) is 5.02 Å². The van der Waals surface area contributed by atoms with E-state index in [1.807, 2.05) is 4.90 Å². The topological polar surface area (TPSA) is 23.5 Å². The van der Waals surface area contributed by atoms with E-state index in [9.17, 15) is 22.7 Å². The Morgan fingerprint density at radius 1 is 1.29 bits per heavy atom. The molecule has 1 heterocycles. The Bertz CT molecular complexity index is 486. The van der Waals surface area contributed by atoms with Crippen LogP contribution in [-0.4, -0.2) is 35.4 Å². The predicted octanol–water partition coefficient (Wildman–Crippen LogP) is 3.61. The highest BCUT2D eigenvalue weighted by molar-refractivity contribution is 6.31. The fourth-order valence-corrected chi connectivity index (χ4v) is 2.79. The SMILES string of the molecule is OC(C1CCN(Cc2cccc(F)c2Cl)CC1)C(F)(F)F. The summed E-state index contributed by atoms with van der Waals surface area (Å²) in [6, 6.07) is 4.51. The van der Waals surface area contributed by atoms with Crippen molar-refractivity contribution in [1.29, 1.82) is 0 Å². The Morgan fingerprint density at radius 3 is 2.48 bits per heavy atom. The molecule has 21 heavy (non-hydrogen) atoms. The molecule has 0 aromatic heterocycles. The highest BCUT2D eigenvalue weighted by Gasteiger charge is 2.44. The third kappa shape index (κ3) is 4.08. The summed E-state index contributed by atoms with van der Waals surface area (Å²) in [7, 11) is 0. The average molecular weight is 326 g/mol. The van der Waals surface area contributed by atoms with Crippen LogP contribution in [0.15, 0.2) is 18.2 Å². The van der Waals surface area contributed by atoms with Crippen LogP contribution in [0.25, 0.3) is 0 Å². The smallest absolute Gasteiger partial charge is 0.383 e. The predicted molar refractivity (Wildman–Crippen MR) is 71.5 cm³/mol. The third-order valence-electron chi connectivity index (χ3n) is 3.84. The second kappa shape index (κ2) is 6.50. The van der Waals surface area contributed by atoms with E-state index in [0.717, 1.165) is 0 Å². The summed E-state index contributed by atoms with van der Waals surface area (Å²) in [5.41, 5.74) is 0.617. The minimum atomic E-state index is -4.57. The Morgan fingerprint density at radius 2 is 1.90 bits per heavy atom. The van der Waals surface area contributed by atoms with E-state index in [0.29, 0.717) is 25.2 Å². The second-order valence-electron chi connectivity index (χ2n) is 5.31. The van der Waals surface area contributed by atoms with Gasteiger partial charge in [-0.25, -0.2) is 4.39 Å². The van der Waals surface area contributed by atoms with Crippen molar-refractivity contribution in [3.05, 3.63) is 34.6 Å². The van der Waals surface area contributed by atoms with Crippen LogP contribution in [-0.2, 0) is 6.54 Å². The first-order valence-electron chi connectivity index (χ1n) is 6.69. The van der Waals surface area contributed by atoms with Crippen molar-refractivity contribution in [2.24, 2.45) is 5.92 Å². The number of hydrogen-bond donors (Lipinski definition) is 1. The zero-order valence-electron chi connectivity index (χ0n) is 11.2. The highest BCUT2D eigenvalue weighted by Crippen LogP contribution is 2.32. The standard InChI is InChI=1S/C14H16ClF4NO/c15-12-10(2-1-3-11(12)16)8-20-6-4-9(5-7-20)13(21)14(17,18)19/h1-3,9,13,21H,4-8H2. The molecule has 2 rings (SSSR count). The second-order valence-corrected chi connectivity index (χ2v) is 5.69. The van der Waals surface area contributed by atoms with Gasteiger partial charge in [0.25, 0.3) is 0 Å². The van der Waals surface area contributed by atoms with E-state index in [1.165, 1.54) is 6.07 Å². The van der Waals surface area contributed by atoms with E-state index in [1.54, 1.807) is 12.1 Å². The molecule has 1 fully saturated rings. The van der Waals surface area contributed by atoms with Crippen LogP contribution in [0.1, 0.15) is 18.4 Å². The molecule has 1 aromatic rings. The van der Waals surface area contributed by atoms with Crippen molar-refractivity contribution < 1.29 is 22.7 Å². The Balaban J connectivity index is 1.91. The quantitative estimate of drug-likeness (QED) is 0.858. The van der Waals surface area contributed by atoms with Crippen molar-refractivity contribution in [1.82, 2.24) is 4.90 Å². The summed E-state index contributed by atoms with van der Waals surface area (Å²) in [6.07, 6.45) is -6.32. The number of piperidine rings is 1. The van der Waals surface area contributed by atoms with E-state index >= 15 is 0 Å². The van der Waals surface area contributed by atoms with Gasteiger partial charge >= 0.3 is 6.18 Å². The van der Waals surface area contributed by atoms with Crippen molar-refractivity contribution in [2.45, 2.75) is 31.7 Å². The number of benzene rings is 1. The number of hydrogen-bond acceptors (Lipinski definition) is 2. The molecule has 2 nitrogen and oxygen atoms in total. The largest absolute Gasteiger partial charge is 0.414 e. The van der Waals surface area contributed by atoms with Crippen molar-refractivity contribution in [3.63, 3.8) is 0 Å². The lowest BCUT2D eigenvalue weighted by Crippen LogP contribution is -2.43. The number of alkyl halides is 3. The summed E-state index contributed by atoms with van der Waals surface area (Å²) < 4.78 is 50.7. The van der Waals surface area contributed by atoms with Crippen molar-refractivity contribution in [3.8, 4) is 0 Å². The summed E-state index contributed by atoms with van der Waals surface area (Å²) >= 11 is 5.86. The molecule has 0 spiro atoms. The van der Waals surface area contributed by atoms with Crippen LogP contribution in [0.5, 0.6) is 0 Å². The minimum Gasteiger partial charge on any atom is -0.383 e. The lowest BCUT2D eigenvalue weighted by molar-refractivity contribution is -0.223. The first kappa shape index (κ1) is 16.5. The third-order valence-corrected chi connectivity index (χ3v) is 4.26. The zero-order chi connectivity index (χ0) is 15.6. The van der Waals surface area contributed by atoms with Gasteiger partial charge < -0.3 is 5.11 Å². The number of likely N-dealkylation sites (tertiary alicyclic amines) is 1. The Labute approximate surface area is 125 Å². The molecule has 7 heteroatoms. The van der Waals surface area contributed by atoms with Gasteiger partial charge in [0.15, 0.2) is 6.10 Å². The van der Waals surface area contributed by atoms with Gasteiger partial charge in [0.05, 0.1) is 5.02 Å². The van der Waals surface area contributed by atoms with Gasteiger partial charge in [-0.2, -0.15) is 13.2 Å². The molecule has 0 saturated carbocycles. The van der Waals surface area contributed by atoms with Crippen LogP contribution in [0.3, 0.4) is 0 Å². The molecule has 1 unspecified atom stereocenters. The highest BCUT2D eigenvalue weighted by atomic mass is 35.5. The lowest BCUT2D eigenvalue weighted by atomic mass is 9.90. The fraction of sp³-hybridized carbons (Fsp3) is 0.571. The van der Waals surface area contributed by atoms with Gasteiger partial charge in [-0.05, 0) is 43.5 Å². The molecule has 118 valence electrons. The fourth-order valence-electron chi connectivity index (χ4n) is 2.61. The summed E-state index contributed by atoms with van der Waals surface area (Å²) in [4.78, 5) is 1.92. The molecule has 0 amide bonds. The molecule has 1 saturated heterocycles. The van der Waals surface area contributed by atoms with E-state index < -0.39 is 24.0 Å². The number of halogens is 5. The van der Waals surface area contributed by atoms with E-state index in [2.05, 4.69) is 0 Å².